The highest BCUT2D eigenvalue weighted by atomic mass is 79.9. The Bertz CT molecular complexity index is 621. The average Bonchev–Trinajstić information content (AvgIpc) is 2.54. The molecule has 116 valence electrons. The number of benzene rings is 2. The van der Waals surface area contributed by atoms with E-state index in [0.29, 0.717) is 12.2 Å². The number of Topliss-reactive ketones (excluding diaryl/α,β-unsaturated/α-hetero) is 1. The van der Waals surface area contributed by atoms with E-state index >= 15 is 0 Å². The van der Waals surface area contributed by atoms with Crippen LogP contribution in [0.25, 0.3) is 0 Å². The Morgan fingerprint density at radius 2 is 1.64 bits per heavy atom. The van der Waals surface area contributed by atoms with Crippen molar-refractivity contribution < 1.29 is 9.53 Å². The van der Waals surface area contributed by atoms with Crippen LogP contribution in [0.3, 0.4) is 0 Å². The van der Waals surface area contributed by atoms with E-state index in [1.54, 1.807) is 12.1 Å². The minimum absolute atomic E-state index is 0.0468. The molecule has 2 unspecified atom stereocenters. The Balaban J connectivity index is 2.12. The van der Waals surface area contributed by atoms with Crippen molar-refractivity contribution in [3.05, 3.63) is 65.2 Å². The molecule has 2 rings (SSSR count). The number of ether oxygens (including phenoxy) is 1. The van der Waals surface area contributed by atoms with Crippen LogP contribution in [0.1, 0.15) is 33.2 Å². The number of aryl methyl sites for hydroxylation is 1. The molecule has 0 heterocycles. The molecule has 2 aromatic carbocycles. The largest absolute Gasteiger partial charge is 0.494 e. The van der Waals surface area contributed by atoms with Crippen LogP contribution < -0.4 is 4.74 Å². The van der Waals surface area contributed by atoms with Gasteiger partial charge in [0, 0.05) is 5.56 Å². The molecule has 2 atom stereocenters. The van der Waals surface area contributed by atoms with E-state index in [1.807, 2.05) is 50.2 Å². The van der Waals surface area contributed by atoms with Crippen molar-refractivity contribution in [3.63, 3.8) is 0 Å². The molecule has 0 N–H and O–H groups in total. The van der Waals surface area contributed by atoms with Gasteiger partial charge in [0.25, 0.3) is 0 Å². The topological polar surface area (TPSA) is 26.3 Å². The van der Waals surface area contributed by atoms with Crippen LogP contribution in [-0.4, -0.2) is 17.2 Å². The van der Waals surface area contributed by atoms with Gasteiger partial charge in [-0.15, -0.1) is 0 Å². The lowest BCUT2D eigenvalue weighted by molar-refractivity contribution is 0.0991. The van der Waals surface area contributed by atoms with Crippen molar-refractivity contribution >= 4 is 37.6 Å². The van der Waals surface area contributed by atoms with E-state index in [9.17, 15) is 4.79 Å². The van der Waals surface area contributed by atoms with Gasteiger partial charge in [-0.25, -0.2) is 0 Å². The van der Waals surface area contributed by atoms with Crippen LogP contribution >= 0.6 is 31.9 Å². The summed E-state index contributed by atoms with van der Waals surface area (Å²) in [6.45, 7) is 4.60. The molecule has 0 radical (unpaired) electrons. The molecule has 0 aliphatic carbocycles. The Kier molecular flexibility index (Phi) is 6.21. The zero-order valence-electron chi connectivity index (χ0n) is 12.6. The van der Waals surface area contributed by atoms with Crippen LogP contribution in [0.2, 0.25) is 0 Å². The average molecular weight is 426 g/mol. The van der Waals surface area contributed by atoms with Crippen molar-refractivity contribution in [2.75, 3.05) is 6.61 Å². The van der Waals surface area contributed by atoms with Gasteiger partial charge in [-0.1, -0.05) is 61.7 Å². The van der Waals surface area contributed by atoms with Crippen molar-refractivity contribution in [1.82, 2.24) is 0 Å². The molecule has 0 amide bonds. The number of hydrogen-bond acceptors (Lipinski definition) is 2. The number of alkyl halides is 2. The normalized spacial score (nSPS) is 13.5. The number of ketones is 1. The molecule has 2 aromatic rings. The minimum Gasteiger partial charge on any atom is -0.494 e. The predicted molar refractivity (Wildman–Crippen MR) is 97.5 cm³/mol. The molecule has 0 aliphatic rings. The van der Waals surface area contributed by atoms with Gasteiger partial charge >= 0.3 is 0 Å². The van der Waals surface area contributed by atoms with Crippen LogP contribution in [0.4, 0.5) is 0 Å². The second-order valence-corrected chi connectivity index (χ2v) is 7.01. The van der Waals surface area contributed by atoms with Gasteiger partial charge < -0.3 is 4.74 Å². The SMILES string of the molecule is CCOc1ccc(C(=O)C(Br)C(Br)c2ccc(C)cc2)cc1. The Morgan fingerprint density at radius 1 is 1.05 bits per heavy atom. The highest BCUT2D eigenvalue weighted by molar-refractivity contribution is 9.12. The summed E-state index contributed by atoms with van der Waals surface area (Å²) >= 11 is 7.14. The lowest BCUT2D eigenvalue weighted by atomic mass is 10.0. The van der Waals surface area contributed by atoms with Gasteiger partial charge in [0.2, 0.25) is 0 Å². The quantitative estimate of drug-likeness (QED) is 0.452. The first-order valence-electron chi connectivity index (χ1n) is 7.14. The van der Waals surface area contributed by atoms with E-state index in [-0.39, 0.29) is 15.4 Å². The van der Waals surface area contributed by atoms with E-state index < -0.39 is 0 Å². The predicted octanol–water partition coefficient (Wildman–Crippen LogP) is 5.48. The fraction of sp³-hybridized carbons (Fsp3) is 0.278. The van der Waals surface area contributed by atoms with Crippen molar-refractivity contribution in [1.29, 1.82) is 0 Å². The summed E-state index contributed by atoms with van der Waals surface area (Å²) in [6.07, 6.45) is 0. The summed E-state index contributed by atoms with van der Waals surface area (Å²) in [4.78, 5) is 12.2. The maximum Gasteiger partial charge on any atom is 0.177 e. The van der Waals surface area contributed by atoms with Crippen LogP contribution in [0, 0.1) is 6.92 Å². The zero-order valence-corrected chi connectivity index (χ0v) is 15.7. The van der Waals surface area contributed by atoms with Gasteiger partial charge in [-0.2, -0.15) is 0 Å². The van der Waals surface area contributed by atoms with Crippen molar-refractivity contribution in [3.8, 4) is 5.75 Å². The molecule has 4 heteroatoms. The van der Waals surface area contributed by atoms with Gasteiger partial charge in [-0.3, -0.25) is 4.79 Å². The van der Waals surface area contributed by atoms with E-state index in [1.165, 1.54) is 5.56 Å². The van der Waals surface area contributed by atoms with Crippen LogP contribution in [0.5, 0.6) is 5.75 Å². The third-order valence-corrected chi connectivity index (χ3v) is 6.06. The molecule has 0 spiro atoms. The van der Waals surface area contributed by atoms with Crippen LogP contribution in [0.15, 0.2) is 48.5 Å². The molecule has 0 saturated carbocycles. The number of halogens is 2. The summed E-state index contributed by atoms with van der Waals surface area (Å²) < 4.78 is 5.40. The molecule has 0 aromatic heterocycles. The Labute approximate surface area is 148 Å². The van der Waals surface area contributed by atoms with Gasteiger partial charge in [0.1, 0.15) is 5.75 Å². The monoisotopic (exact) mass is 424 g/mol. The summed E-state index contributed by atoms with van der Waals surface area (Å²) in [6, 6.07) is 15.4. The first-order valence-corrected chi connectivity index (χ1v) is 8.98. The molecule has 0 bridgehead atoms. The zero-order chi connectivity index (χ0) is 16.1. The summed E-state index contributed by atoms with van der Waals surface area (Å²) in [7, 11) is 0. The van der Waals surface area contributed by atoms with Gasteiger partial charge in [-0.05, 0) is 43.7 Å². The maximum absolute atomic E-state index is 12.6. The molecule has 0 aliphatic heterocycles. The molecular formula is C18H18Br2O2. The Morgan fingerprint density at radius 3 is 2.18 bits per heavy atom. The highest BCUT2D eigenvalue weighted by Gasteiger charge is 2.26. The Hall–Kier alpha value is -1.13. The lowest BCUT2D eigenvalue weighted by Crippen LogP contribution is -2.19. The summed E-state index contributed by atoms with van der Waals surface area (Å²) in [5.74, 6) is 0.824. The standard InChI is InChI=1S/C18H18Br2O2/c1-3-22-15-10-8-14(9-11-15)18(21)17(20)16(19)13-6-4-12(2)5-7-13/h4-11,16-17H,3H2,1-2H3. The van der Waals surface area contributed by atoms with Crippen LogP contribution in [-0.2, 0) is 0 Å². The van der Waals surface area contributed by atoms with Gasteiger partial charge in [0.15, 0.2) is 5.78 Å². The fourth-order valence-electron chi connectivity index (χ4n) is 2.09. The second kappa shape index (κ2) is 7.93. The molecule has 0 fully saturated rings. The number of rotatable bonds is 6. The lowest BCUT2D eigenvalue weighted by Gasteiger charge is -2.16. The molecule has 22 heavy (non-hydrogen) atoms. The minimum atomic E-state index is -0.326. The number of hydrogen-bond donors (Lipinski definition) is 0. The number of carbonyl (C=O) groups excluding carboxylic acids is 1. The van der Waals surface area contributed by atoms with Gasteiger partial charge in [0.05, 0.1) is 16.3 Å². The summed E-state index contributed by atoms with van der Waals surface area (Å²) in [5, 5.41) is 0. The number of carbonyl (C=O) groups is 1. The van der Waals surface area contributed by atoms with Crippen molar-refractivity contribution in [2.24, 2.45) is 0 Å². The maximum atomic E-state index is 12.6. The smallest absolute Gasteiger partial charge is 0.177 e. The van der Waals surface area contributed by atoms with Crippen molar-refractivity contribution in [2.45, 2.75) is 23.5 Å². The first-order chi connectivity index (χ1) is 10.5. The summed E-state index contributed by atoms with van der Waals surface area (Å²) in [5.41, 5.74) is 2.95. The third-order valence-electron chi connectivity index (χ3n) is 3.35. The van der Waals surface area contributed by atoms with E-state index in [4.69, 9.17) is 4.74 Å². The third kappa shape index (κ3) is 4.20. The van der Waals surface area contributed by atoms with E-state index in [2.05, 4.69) is 31.9 Å². The molecule has 2 nitrogen and oxygen atoms in total. The fourth-order valence-corrected chi connectivity index (χ4v) is 3.21. The molecular weight excluding hydrogens is 408 g/mol. The van der Waals surface area contributed by atoms with E-state index in [0.717, 1.165) is 11.3 Å². The second-order valence-electron chi connectivity index (χ2n) is 5.04. The first kappa shape index (κ1) is 17.2. The molecule has 0 saturated heterocycles. The highest BCUT2D eigenvalue weighted by Crippen LogP contribution is 2.33.